The summed E-state index contributed by atoms with van der Waals surface area (Å²) >= 11 is 0. The van der Waals surface area contributed by atoms with Crippen molar-refractivity contribution in [3.8, 4) is 16.9 Å². The van der Waals surface area contributed by atoms with Crippen LogP contribution in [0.1, 0.15) is 16.7 Å². The molecule has 1 nitrogen and oxygen atoms in total. The second-order valence-corrected chi connectivity index (χ2v) is 6.84. The SMILES string of the molecule is C1=Cc2c3c(c4ccccc4c2OC1)-c1ccc2ccccc2c1C3. The molecule has 0 spiro atoms. The van der Waals surface area contributed by atoms with Crippen molar-refractivity contribution in [1.82, 2.24) is 0 Å². The van der Waals surface area contributed by atoms with E-state index in [0.29, 0.717) is 6.61 Å². The van der Waals surface area contributed by atoms with Gasteiger partial charge in [0.15, 0.2) is 0 Å². The molecule has 0 amide bonds. The lowest BCUT2D eigenvalue weighted by Crippen LogP contribution is -2.04. The van der Waals surface area contributed by atoms with Crippen LogP contribution in [-0.4, -0.2) is 6.61 Å². The predicted octanol–water partition coefficient (Wildman–Crippen LogP) is 5.97. The molecule has 0 saturated carbocycles. The topological polar surface area (TPSA) is 9.23 Å². The summed E-state index contributed by atoms with van der Waals surface area (Å²) in [6.07, 6.45) is 5.35. The molecule has 1 heterocycles. The molecule has 2 aliphatic rings. The van der Waals surface area contributed by atoms with Crippen LogP contribution in [0.2, 0.25) is 0 Å². The van der Waals surface area contributed by atoms with Crippen molar-refractivity contribution in [2.45, 2.75) is 6.42 Å². The van der Waals surface area contributed by atoms with E-state index in [9.17, 15) is 0 Å². The molecule has 0 atom stereocenters. The van der Waals surface area contributed by atoms with Crippen molar-refractivity contribution < 1.29 is 4.74 Å². The molecule has 25 heavy (non-hydrogen) atoms. The zero-order chi connectivity index (χ0) is 16.4. The van der Waals surface area contributed by atoms with E-state index >= 15 is 0 Å². The first-order chi connectivity index (χ1) is 12.4. The van der Waals surface area contributed by atoms with E-state index in [1.807, 2.05) is 0 Å². The summed E-state index contributed by atoms with van der Waals surface area (Å²) in [7, 11) is 0. The van der Waals surface area contributed by atoms with Crippen molar-refractivity contribution in [2.24, 2.45) is 0 Å². The summed E-state index contributed by atoms with van der Waals surface area (Å²) in [5.41, 5.74) is 6.90. The first kappa shape index (κ1) is 13.3. The lowest BCUT2D eigenvalue weighted by Gasteiger charge is -2.19. The maximum atomic E-state index is 6.06. The third kappa shape index (κ3) is 1.68. The van der Waals surface area contributed by atoms with E-state index < -0.39 is 0 Å². The van der Waals surface area contributed by atoms with Gasteiger partial charge in [-0.3, -0.25) is 0 Å². The lowest BCUT2D eigenvalue weighted by atomic mass is 9.92. The molecule has 1 heteroatoms. The molecule has 0 radical (unpaired) electrons. The standard InChI is InChI=1S/C24H16O/c1-2-7-16-15(6-1)11-12-18-21(16)14-22-20-10-5-13-25-24(20)19-9-4-3-8-17(19)23(18)22/h1-12H,13-14H2. The van der Waals surface area contributed by atoms with Gasteiger partial charge in [0.1, 0.15) is 12.4 Å². The highest BCUT2D eigenvalue weighted by Crippen LogP contribution is 2.50. The Labute approximate surface area is 146 Å². The molecule has 4 aromatic carbocycles. The van der Waals surface area contributed by atoms with Gasteiger partial charge in [0.2, 0.25) is 0 Å². The van der Waals surface area contributed by atoms with Crippen molar-refractivity contribution in [3.05, 3.63) is 83.4 Å². The monoisotopic (exact) mass is 320 g/mol. The van der Waals surface area contributed by atoms with Gasteiger partial charge < -0.3 is 4.74 Å². The Kier molecular flexibility index (Phi) is 2.51. The number of benzene rings is 4. The molecule has 4 aromatic rings. The van der Waals surface area contributed by atoms with Crippen LogP contribution >= 0.6 is 0 Å². The van der Waals surface area contributed by atoms with E-state index in [1.165, 1.54) is 49.4 Å². The smallest absolute Gasteiger partial charge is 0.135 e. The van der Waals surface area contributed by atoms with Crippen LogP contribution < -0.4 is 4.74 Å². The van der Waals surface area contributed by atoms with E-state index in [2.05, 4.69) is 72.8 Å². The van der Waals surface area contributed by atoms with E-state index in [1.54, 1.807) is 0 Å². The summed E-state index contributed by atoms with van der Waals surface area (Å²) < 4.78 is 6.06. The summed E-state index contributed by atoms with van der Waals surface area (Å²) in [4.78, 5) is 0. The zero-order valence-corrected chi connectivity index (χ0v) is 13.8. The maximum absolute atomic E-state index is 6.06. The Morgan fingerprint density at radius 1 is 0.720 bits per heavy atom. The van der Waals surface area contributed by atoms with Gasteiger partial charge in [0.25, 0.3) is 0 Å². The van der Waals surface area contributed by atoms with Crippen molar-refractivity contribution in [3.63, 3.8) is 0 Å². The van der Waals surface area contributed by atoms with Crippen LogP contribution in [0.15, 0.2) is 66.7 Å². The molecule has 1 aliphatic carbocycles. The summed E-state index contributed by atoms with van der Waals surface area (Å²) in [5.74, 6) is 1.05. The highest BCUT2D eigenvalue weighted by molar-refractivity contribution is 6.09. The van der Waals surface area contributed by atoms with Gasteiger partial charge in [-0.25, -0.2) is 0 Å². The van der Waals surface area contributed by atoms with Gasteiger partial charge >= 0.3 is 0 Å². The van der Waals surface area contributed by atoms with Gasteiger partial charge in [0.05, 0.1) is 0 Å². The van der Waals surface area contributed by atoms with Gasteiger partial charge in [0, 0.05) is 17.4 Å². The van der Waals surface area contributed by atoms with Gasteiger partial charge in [-0.05, 0) is 44.5 Å². The minimum absolute atomic E-state index is 0.658. The van der Waals surface area contributed by atoms with Crippen molar-refractivity contribution >= 4 is 27.6 Å². The minimum Gasteiger partial charge on any atom is -0.488 e. The summed E-state index contributed by atoms with van der Waals surface area (Å²) in [6.45, 7) is 0.658. The molecule has 0 aromatic heterocycles. The van der Waals surface area contributed by atoms with Crippen LogP contribution in [0.5, 0.6) is 5.75 Å². The predicted molar refractivity (Wildman–Crippen MR) is 104 cm³/mol. The van der Waals surface area contributed by atoms with Crippen LogP contribution in [0.4, 0.5) is 0 Å². The molecule has 0 bridgehead atoms. The summed E-state index contributed by atoms with van der Waals surface area (Å²) in [5, 5.41) is 5.22. The number of fused-ring (bicyclic) bond motifs is 10. The number of rotatable bonds is 0. The molecule has 1 aliphatic heterocycles. The molecular formula is C24H16O. The molecular weight excluding hydrogens is 304 g/mol. The van der Waals surface area contributed by atoms with Crippen molar-refractivity contribution in [2.75, 3.05) is 6.61 Å². The van der Waals surface area contributed by atoms with E-state index in [0.717, 1.165) is 12.2 Å². The van der Waals surface area contributed by atoms with Gasteiger partial charge in [-0.2, -0.15) is 0 Å². The minimum atomic E-state index is 0.658. The molecule has 0 fully saturated rings. The lowest BCUT2D eigenvalue weighted by molar-refractivity contribution is 0.362. The first-order valence-corrected chi connectivity index (χ1v) is 8.80. The number of hydrogen-bond donors (Lipinski definition) is 0. The highest BCUT2D eigenvalue weighted by atomic mass is 16.5. The van der Waals surface area contributed by atoms with Crippen LogP contribution in [0.3, 0.4) is 0 Å². The van der Waals surface area contributed by atoms with Crippen molar-refractivity contribution in [1.29, 1.82) is 0 Å². The molecule has 118 valence electrons. The van der Waals surface area contributed by atoms with Crippen LogP contribution in [0, 0.1) is 0 Å². The fraction of sp³-hybridized carbons (Fsp3) is 0.0833. The number of ether oxygens (including phenoxy) is 1. The second kappa shape index (κ2) is 4.73. The van der Waals surface area contributed by atoms with Crippen LogP contribution in [0.25, 0.3) is 38.7 Å². The van der Waals surface area contributed by atoms with Gasteiger partial charge in [-0.15, -0.1) is 0 Å². The fourth-order valence-corrected chi connectivity index (χ4v) is 4.54. The molecule has 0 saturated heterocycles. The van der Waals surface area contributed by atoms with Crippen LogP contribution in [-0.2, 0) is 6.42 Å². The highest BCUT2D eigenvalue weighted by Gasteiger charge is 2.28. The summed E-state index contributed by atoms with van der Waals surface area (Å²) in [6, 6.07) is 21.9. The van der Waals surface area contributed by atoms with E-state index in [4.69, 9.17) is 4.74 Å². The Balaban J connectivity index is 1.80. The number of hydrogen-bond acceptors (Lipinski definition) is 1. The fourth-order valence-electron chi connectivity index (χ4n) is 4.54. The average Bonchev–Trinajstić information content (AvgIpc) is 3.09. The Bertz CT molecular complexity index is 1210. The maximum Gasteiger partial charge on any atom is 0.135 e. The Morgan fingerprint density at radius 2 is 1.52 bits per heavy atom. The third-order valence-corrected chi connectivity index (χ3v) is 5.58. The van der Waals surface area contributed by atoms with E-state index in [-0.39, 0.29) is 0 Å². The first-order valence-electron chi connectivity index (χ1n) is 8.80. The molecule has 0 N–H and O–H groups in total. The molecule has 6 rings (SSSR count). The second-order valence-electron chi connectivity index (χ2n) is 6.84. The third-order valence-electron chi connectivity index (χ3n) is 5.58. The zero-order valence-electron chi connectivity index (χ0n) is 13.8. The Hall–Kier alpha value is -3.06. The Morgan fingerprint density at radius 3 is 2.44 bits per heavy atom. The molecule has 0 unspecified atom stereocenters. The largest absolute Gasteiger partial charge is 0.488 e. The quantitative estimate of drug-likeness (QED) is 0.341. The van der Waals surface area contributed by atoms with Gasteiger partial charge in [-0.1, -0.05) is 66.7 Å². The normalized spacial score (nSPS) is 14.2. The average molecular weight is 320 g/mol.